The van der Waals surface area contributed by atoms with Crippen LogP contribution in [0.5, 0.6) is 0 Å². The first-order valence-corrected chi connectivity index (χ1v) is 6.79. The van der Waals surface area contributed by atoms with E-state index < -0.39 is 10.0 Å². The van der Waals surface area contributed by atoms with Gasteiger partial charge in [-0.2, -0.15) is 8.42 Å². The summed E-state index contributed by atoms with van der Waals surface area (Å²) in [6.45, 7) is 3.07. The minimum atomic E-state index is -3.59. The minimum absolute atomic E-state index is 0.194. The highest BCUT2D eigenvalue weighted by molar-refractivity contribution is 7.90. The summed E-state index contributed by atoms with van der Waals surface area (Å²) in [7, 11) is -3.59. The van der Waals surface area contributed by atoms with Crippen LogP contribution in [0.4, 0.5) is 0 Å². The molecule has 0 aromatic heterocycles. The van der Waals surface area contributed by atoms with Gasteiger partial charge < -0.3 is 11.1 Å². The summed E-state index contributed by atoms with van der Waals surface area (Å²) < 4.78 is 27.0. The first kappa shape index (κ1) is 13.7. The van der Waals surface area contributed by atoms with E-state index in [9.17, 15) is 8.42 Å². The SMILES string of the molecule is Cc1ccc(S(=O)(=O)N=CNCCCN)cc1. The summed E-state index contributed by atoms with van der Waals surface area (Å²) in [6, 6.07) is 6.57. The molecule has 17 heavy (non-hydrogen) atoms. The molecule has 1 aromatic rings. The normalized spacial score (nSPS) is 11.9. The number of nitrogens with zero attached hydrogens (tertiary/aromatic N) is 1. The summed E-state index contributed by atoms with van der Waals surface area (Å²) in [5, 5.41) is 2.77. The Balaban J connectivity index is 2.65. The Kier molecular flexibility index (Phi) is 5.11. The topological polar surface area (TPSA) is 84.5 Å². The summed E-state index contributed by atoms with van der Waals surface area (Å²) in [5.41, 5.74) is 6.31. The van der Waals surface area contributed by atoms with Crippen molar-refractivity contribution in [3.05, 3.63) is 29.8 Å². The Morgan fingerprint density at radius 1 is 1.35 bits per heavy atom. The van der Waals surface area contributed by atoms with E-state index in [-0.39, 0.29) is 4.90 Å². The fourth-order valence-corrected chi connectivity index (χ4v) is 1.96. The van der Waals surface area contributed by atoms with Gasteiger partial charge in [-0.15, -0.1) is 4.40 Å². The molecule has 0 aliphatic carbocycles. The van der Waals surface area contributed by atoms with Crippen molar-refractivity contribution in [1.82, 2.24) is 5.32 Å². The molecule has 0 unspecified atom stereocenters. The molecule has 1 rings (SSSR count). The van der Waals surface area contributed by atoms with Crippen LogP contribution in [0, 0.1) is 6.92 Å². The van der Waals surface area contributed by atoms with E-state index in [2.05, 4.69) is 9.71 Å². The van der Waals surface area contributed by atoms with Crippen LogP contribution in [-0.2, 0) is 10.0 Å². The maximum Gasteiger partial charge on any atom is 0.283 e. The lowest BCUT2D eigenvalue weighted by Gasteiger charge is -2.00. The van der Waals surface area contributed by atoms with Gasteiger partial charge in [-0.25, -0.2) is 0 Å². The third-order valence-corrected chi connectivity index (χ3v) is 3.38. The predicted octanol–water partition coefficient (Wildman–Crippen LogP) is 0.650. The molecule has 0 spiro atoms. The Morgan fingerprint density at radius 2 is 2.00 bits per heavy atom. The number of hydrogen-bond donors (Lipinski definition) is 2. The van der Waals surface area contributed by atoms with Gasteiger partial charge in [0.05, 0.1) is 4.90 Å². The van der Waals surface area contributed by atoms with E-state index >= 15 is 0 Å². The van der Waals surface area contributed by atoms with Crippen LogP contribution in [0.2, 0.25) is 0 Å². The highest BCUT2D eigenvalue weighted by Gasteiger charge is 2.10. The van der Waals surface area contributed by atoms with E-state index in [1.54, 1.807) is 24.3 Å². The minimum Gasteiger partial charge on any atom is -0.375 e. The molecule has 0 amide bonds. The average molecular weight is 255 g/mol. The number of benzene rings is 1. The largest absolute Gasteiger partial charge is 0.375 e. The molecule has 6 heteroatoms. The van der Waals surface area contributed by atoms with Crippen LogP contribution >= 0.6 is 0 Å². The highest BCUT2D eigenvalue weighted by Crippen LogP contribution is 2.12. The van der Waals surface area contributed by atoms with Gasteiger partial charge in [-0.05, 0) is 32.0 Å². The van der Waals surface area contributed by atoms with Crippen molar-refractivity contribution >= 4 is 16.4 Å². The lowest BCUT2D eigenvalue weighted by molar-refractivity contribution is 0.598. The average Bonchev–Trinajstić information content (AvgIpc) is 2.29. The summed E-state index contributed by atoms with van der Waals surface area (Å²) in [4.78, 5) is 0.194. The molecule has 0 aliphatic rings. The standard InChI is InChI=1S/C11H17N3O2S/c1-10-3-5-11(6-4-10)17(15,16)14-9-13-8-2-7-12/h3-6,9H,2,7-8,12H2,1H3,(H,13,14). The molecule has 0 heterocycles. The maximum atomic E-state index is 11.7. The van der Waals surface area contributed by atoms with Crippen LogP contribution in [0.25, 0.3) is 0 Å². The monoisotopic (exact) mass is 255 g/mol. The van der Waals surface area contributed by atoms with E-state index in [0.29, 0.717) is 13.1 Å². The van der Waals surface area contributed by atoms with Crippen molar-refractivity contribution in [2.24, 2.45) is 10.1 Å². The zero-order valence-corrected chi connectivity index (χ0v) is 10.6. The van der Waals surface area contributed by atoms with Crippen LogP contribution in [0.3, 0.4) is 0 Å². The lowest BCUT2D eigenvalue weighted by atomic mass is 10.2. The fourth-order valence-electron chi connectivity index (χ4n) is 1.15. The van der Waals surface area contributed by atoms with Crippen molar-refractivity contribution in [3.8, 4) is 0 Å². The zero-order valence-electron chi connectivity index (χ0n) is 9.76. The number of sulfonamides is 1. The molecule has 0 aliphatic heterocycles. The Morgan fingerprint density at radius 3 is 2.59 bits per heavy atom. The van der Waals surface area contributed by atoms with Crippen LogP contribution in [0.1, 0.15) is 12.0 Å². The second-order valence-corrected chi connectivity index (χ2v) is 5.25. The third kappa shape index (κ3) is 4.54. The molecule has 0 fully saturated rings. The van der Waals surface area contributed by atoms with E-state index in [1.165, 1.54) is 6.34 Å². The second kappa shape index (κ2) is 6.36. The zero-order chi connectivity index (χ0) is 12.7. The summed E-state index contributed by atoms with van der Waals surface area (Å²) in [5.74, 6) is 0. The molecule has 94 valence electrons. The van der Waals surface area contributed by atoms with Crippen molar-refractivity contribution in [3.63, 3.8) is 0 Å². The molecule has 0 saturated carbocycles. The number of nitrogens with one attached hydrogen (secondary N) is 1. The Bertz CT molecular complexity index is 466. The predicted molar refractivity (Wildman–Crippen MR) is 68.5 cm³/mol. The highest BCUT2D eigenvalue weighted by atomic mass is 32.2. The van der Waals surface area contributed by atoms with Crippen LogP contribution in [-0.4, -0.2) is 27.8 Å². The molecule has 1 aromatic carbocycles. The van der Waals surface area contributed by atoms with Crippen molar-refractivity contribution < 1.29 is 8.42 Å². The Hall–Kier alpha value is -1.40. The van der Waals surface area contributed by atoms with Gasteiger partial charge in [0.15, 0.2) is 0 Å². The molecule has 0 atom stereocenters. The van der Waals surface area contributed by atoms with Crippen molar-refractivity contribution in [2.75, 3.05) is 13.1 Å². The summed E-state index contributed by atoms with van der Waals surface area (Å²) >= 11 is 0. The number of nitrogens with two attached hydrogens (primary N) is 1. The molecular formula is C11H17N3O2S. The van der Waals surface area contributed by atoms with Gasteiger partial charge in [0, 0.05) is 6.54 Å². The number of hydrogen-bond acceptors (Lipinski definition) is 3. The van der Waals surface area contributed by atoms with E-state index in [1.807, 2.05) is 6.92 Å². The fraction of sp³-hybridized carbons (Fsp3) is 0.364. The number of rotatable bonds is 6. The first-order valence-electron chi connectivity index (χ1n) is 5.35. The van der Waals surface area contributed by atoms with Gasteiger partial charge >= 0.3 is 0 Å². The smallest absolute Gasteiger partial charge is 0.283 e. The number of aryl methyl sites for hydroxylation is 1. The first-order chi connectivity index (χ1) is 8.06. The molecule has 3 N–H and O–H groups in total. The van der Waals surface area contributed by atoms with Gasteiger partial charge in [0.2, 0.25) is 0 Å². The quantitative estimate of drug-likeness (QED) is 0.444. The Labute approximate surface area is 102 Å². The molecule has 0 saturated heterocycles. The van der Waals surface area contributed by atoms with Crippen molar-refractivity contribution in [2.45, 2.75) is 18.2 Å². The lowest BCUT2D eigenvalue weighted by Crippen LogP contribution is -2.17. The summed E-state index contributed by atoms with van der Waals surface area (Å²) in [6.07, 6.45) is 1.97. The molecule has 5 nitrogen and oxygen atoms in total. The molecule has 0 radical (unpaired) electrons. The van der Waals surface area contributed by atoms with Crippen molar-refractivity contribution in [1.29, 1.82) is 0 Å². The van der Waals surface area contributed by atoms with Crippen LogP contribution in [0.15, 0.2) is 33.6 Å². The van der Waals surface area contributed by atoms with Gasteiger partial charge in [0.25, 0.3) is 10.0 Å². The van der Waals surface area contributed by atoms with Gasteiger partial charge in [-0.3, -0.25) is 0 Å². The maximum absolute atomic E-state index is 11.7. The van der Waals surface area contributed by atoms with Crippen LogP contribution < -0.4 is 11.1 Å². The van der Waals surface area contributed by atoms with E-state index in [4.69, 9.17) is 5.73 Å². The second-order valence-electron chi connectivity index (χ2n) is 3.62. The molecule has 0 bridgehead atoms. The molecular weight excluding hydrogens is 238 g/mol. The van der Waals surface area contributed by atoms with E-state index in [0.717, 1.165) is 12.0 Å². The van der Waals surface area contributed by atoms with Gasteiger partial charge in [0.1, 0.15) is 6.34 Å². The third-order valence-electron chi connectivity index (χ3n) is 2.13. The van der Waals surface area contributed by atoms with Gasteiger partial charge in [-0.1, -0.05) is 17.7 Å².